The Morgan fingerprint density at radius 2 is 1.42 bits per heavy atom. The zero-order chi connectivity index (χ0) is 41.2. The van der Waals surface area contributed by atoms with E-state index in [0.717, 1.165) is 62.8 Å². The van der Waals surface area contributed by atoms with Crippen LogP contribution >= 0.6 is 0 Å². The Morgan fingerprint density at radius 3 is 2.02 bits per heavy atom. The predicted molar refractivity (Wildman–Crippen MR) is 230 cm³/mol. The number of aromatic hydroxyl groups is 1. The smallest absolute Gasteiger partial charge is 0.562 e. The number of nitrogens with one attached hydrogen (secondary N) is 1. The number of amides is 2. The molecule has 10 rings (SSSR count). The van der Waals surface area contributed by atoms with Gasteiger partial charge in [-0.15, -0.1) is 6.07 Å². The van der Waals surface area contributed by atoms with Gasteiger partial charge in [0.2, 0.25) is 11.8 Å². The number of likely N-dealkylation sites (tertiary alicyclic amines) is 1. The van der Waals surface area contributed by atoms with Gasteiger partial charge in [-0.05, 0) is 142 Å². The Balaban J connectivity index is 0.000000187. The zero-order valence-corrected chi connectivity index (χ0v) is 37.2. The number of phenolic OH excluding ortho intramolecular Hbond substituents is 1. The SMILES string of the molecule is O=C1CCCC(=O)N1.Oc1ccc2c(c1)CCCC2.[CH2-]c1c([C-]=O)ccc2c1OCC21CCN(CC2CC3(CCN(c4ccccc4F)CC3)C2)CC1.[Na+].c1ccccc1. The molecule has 2 aliphatic carbocycles. The molecule has 2 spiro atoms. The summed E-state index contributed by atoms with van der Waals surface area (Å²) in [5.41, 5.74) is 6.52. The number of hydrogen-bond donors (Lipinski definition) is 2. The van der Waals surface area contributed by atoms with Crippen LogP contribution in [-0.2, 0) is 32.6 Å². The van der Waals surface area contributed by atoms with Crippen molar-refractivity contribution in [3.05, 3.63) is 132 Å². The number of hydrogen-bond acceptors (Lipinski definition) is 7. The molecule has 0 atom stereocenters. The quantitative estimate of drug-likeness (QED) is 0.156. The molecular formula is C50H58FN3NaO5-. The molecule has 4 heterocycles. The number of phenols is 1. The van der Waals surface area contributed by atoms with Crippen molar-refractivity contribution in [3.8, 4) is 11.5 Å². The van der Waals surface area contributed by atoms with Gasteiger partial charge in [-0.1, -0.05) is 60.2 Å². The zero-order valence-electron chi connectivity index (χ0n) is 35.2. The van der Waals surface area contributed by atoms with Crippen molar-refractivity contribution in [1.82, 2.24) is 10.2 Å². The van der Waals surface area contributed by atoms with Gasteiger partial charge < -0.3 is 24.4 Å². The number of fused-ring (bicyclic) bond motifs is 3. The van der Waals surface area contributed by atoms with E-state index in [1.54, 1.807) is 18.2 Å². The number of benzene rings is 4. The molecule has 4 aromatic rings. The first-order valence-electron chi connectivity index (χ1n) is 21.5. The van der Waals surface area contributed by atoms with E-state index in [1.807, 2.05) is 73.0 Å². The molecule has 4 fully saturated rings. The minimum atomic E-state index is -0.138. The second-order valence-electron chi connectivity index (χ2n) is 17.3. The molecule has 8 nitrogen and oxygen atoms in total. The third-order valence-corrected chi connectivity index (χ3v) is 13.3. The Kier molecular flexibility index (Phi) is 15.9. The topological polar surface area (TPSA) is 99.2 Å². The average molecular weight is 823 g/mol. The molecule has 3 saturated heterocycles. The Morgan fingerprint density at radius 1 is 0.783 bits per heavy atom. The fourth-order valence-corrected chi connectivity index (χ4v) is 9.96. The molecule has 2 N–H and O–H groups in total. The summed E-state index contributed by atoms with van der Waals surface area (Å²) < 4.78 is 20.2. The Hall–Kier alpha value is -4.15. The van der Waals surface area contributed by atoms with Crippen LogP contribution in [0, 0.1) is 24.1 Å². The summed E-state index contributed by atoms with van der Waals surface area (Å²) in [5.74, 6) is 1.64. The molecule has 2 amide bonds. The Bertz CT molecular complexity index is 2010. The van der Waals surface area contributed by atoms with Crippen LogP contribution < -0.4 is 44.5 Å². The van der Waals surface area contributed by atoms with Crippen LogP contribution in [0.5, 0.6) is 11.5 Å². The summed E-state index contributed by atoms with van der Waals surface area (Å²) in [4.78, 5) is 36.7. The van der Waals surface area contributed by atoms with Gasteiger partial charge in [0, 0.05) is 37.9 Å². The Labute approximate surface area is 377 Å². The number of imide groups is 1. The van der Waals surface area contributed by atoms with E-state index < -0.39 is 0 Å². The minimum Gasteiger partial charge on any atom is -0.562 e. The van der Waals surface area contributed by atoms with Crippen LogP contribution in [0.1, 0.15) is 98.4 Å². The number of carbonyl (C=O) groups excluding carboxylic acids is 3. The first-order valence-corrected chi connectivity index (χ1v) is 21.5. The normalized spacial score (nSPS) is 19.8. The van der Waals surface area contributed by atoms with Crippen molar-refractivity contribution >= 4 is 23.8 Å². The van der Waals surface area contributed by atoms with Crippen LogP contribution in [0.3, 0.4) is 0 Å². The fraction of sp³-hybridized carbons (Fsp3) is 0.440. The van der Waals surface area contributed by atoms with E-state index in [4.69, 9.17) is 4.74 Å². The summed E-state index contributed by atoms with van der Waals surface area (Å²) in [5, 5.41) is 11.4. The van der Waals surface area contributed by atoms with Gasteiger partial charge in [-0.3, -0.25) is 33.0 Å². The maximum Gasteiger partial charge on any atom is 1.00 e. The maximum atomic E-state index is 14.2. The van der Waals surface area contributed by atoms with Crippen molar-refractivity contribution in [1.29, 1.82) is 0 Å². The average Bonchev–Trinajstić information content (AvgIpc) is 3.61. The van der Waals surface area contributed by atoms with Crippen molar-refractivity contribution in [2.24, 2.45) is 11.3 Å². The van der Waals surface area contributed by atoms with Crippen molar-refractivity contribution < 1.29 is 58.2 Å². The van der Waals surface area contributed by atoms with E-state index >= 15 is 0 Å². The molecule has 0 aromatic heterocycles. The standard InChI is InChI=1S/C29H33FN2O2.C10H12O.C6H6.C5H7NO2.Na/c1-21-23(19-33)6-7-24-27(21)34-20-29(24)10-12-31(13-11-29)18-22-16-28(17-22)8-14-32(15-9-28)26-5-3-2-4-25(26)30;11-10-6-5-8-3-1-2-4-9(8)7-10;1-2-4-6-5-3-1;7-4-2-1-3-5(8)6-4;/h2-7,22H,1,8-18,20H2;5-7,11H,1-4H2;1-6H;1-3H2,(H,6,7,8);/q-2;;;;+1. The van der Waals surface area contributed by atoms with Gasteiger partial charge in [0.15, 0.2) is 0 Å². The summed E-state index contributed by atoms with van der Waals surface area (Å²) in [6.07, 6.45) is 15.8. The van der Waals surface area contributed by atoms with Crippen LogP contribution in [-0.4, -0.2) is 67.4 Å². The second-order valence-corrected chi connectivity index (χ2v) is 17.3. The molecule has 0 radical (unpaired) electrons. The fourth-order valence-electron chi connectivity index (χ4n) is 9.96. The molecule has 4 aliphatic heterocycles. The van der Waals surface area contributed by atoms with E-state index in [-0.39, 0.29) is 52.6 Å². The number of aryl methyl sites for hydroxylation is 2. The van der Waals surface area contributed by atoms with E-state index in [1.165, 1.54) is 68.2 Å². The molecule has 60 heavy (non-hydrogen) atoms. The van der Waals surface area contributed by atoms with E-state index in [2.05, 4.69) is 28.1 Å². The first-order chi connectivity index (χ1) is 28.7. The minimum absolute atomic E-state index is 0. The van der Waals surface area contributed by atoms with E-state index in [9.17, 15) is 23.9 Å². The summed E-state index contributed by atoms with van der Waals surface area (Å²) >= 11 is 0. The number of anilines is 1. The van der Waals surface area contributed by atoms with Crippen LogP contribution in [0.4, 0.5) is 10.1 Å². The van der Waals surface area contributed by atoms with Gasteiger partial charge in [-0.2, -0.15) is 0 Å². The summed E-state index contributed by atoms with van der Waals surface area (Å²) in [6, 6.07) is 28.8. The van der Waals surface area contributed by atoms with Gasteiger partial charge >= 0.3 is 29.6 Å². The van der Waals surface area contributed by atoms with Crippen molar-refractivity contribution in [3.63, 3.8) is 0 Å². The largest absolute Gasteiger partial charge is 1.00 e. The third kappa shape index (κ3) is 11.2. The van der Waals surface area contributed by atoms with Crippen LogP contribution in [0.15, 0.2) is 91.0 Å². The molecule has 1 saturated carbocycles. The van der Waals surface area contributed by atoms with Gasteiger partial charge in [0.25, 0.3) is 0 Å². The molecule has 6 aliphatic rings. The number of nitrogens with zero attached hydrogens (tertiary/aromatic N) is 2. The van der Waals surface area contributed by atoms with Crippen molar-refractivity contribution in [2.45, 2.75) is 88.9 Å². The molecule has 312 valence electrons. The third-order valence-electron chi connectivity index (χ3n) is 13.3. The summed E-state index contributed by atoms with van der Waals surface area (Å²) in [6.45, 7) is 10.1. The predicted octanol–water partition coefficient (Wildman–Crippen LogP) is 5.66. The molecule has 0 bridgehead atoms. The molecule has 10 heteroatoms. The number of halogens is 1. The maximum absolute atomic E-state index is 14.2. The summed E-state index contributed by atoms with van der Waals surface area (Å²) in [7, 11) is 0. The number of piperidine rings is 3. The van der Waals surface area contributed by atoms with Gasteiger partial charge in [-0.25, -0.2) is 10.5 Å². The molecule has 4 aromatic carbocycles. The number of ether oxygens (including phenoxy) is 1. The van der Waals surface area contributed by atoms with Crippen LogP contribution in [0.25, 0.3) is 0 Å². The molecule has 0 unspecified atom stereocenters. The van der Waals surface area contributed by atoms with E-state index in [0.29, 0.717) is 48.2 Å². The van der Waals surface area contributed by atoms with Crippen LogP contribution in [0.2, 0.25) is 0 Å². The van der Waals surface area contributed by atoms with Gasteiger partial charge in [0.1, 0.15) is 11.6 Å². The number of para-hydroxylation sites is 1. The van der Waals surface area contributed by atoms with Gasteiger partial charge in [0.05, 0.1) is 12.3 Å². The molecular weight excluding hydrogens is 765 g/mol. The number of rotatable bonds is 4. The van der Waals surface area contributed by atoms with Crippen molar-refractivity contribution in [2.75, 3.05) is 44.2 Å². The number of carbonyl (C=O) groups is 2. The monoisotopic (exact) mass is 822 g/mol. The first kappa shape index (κ1) is 45.4. The second kappa shape index (κ2) is 21.1.